The second kappa shape index (κ2) is 9.75. The van der Waals surface area contributed by atoms with Crippen molar-refractivity contribution in [3.8, 4) is 11.5 Å². The van der Waals surface area contributed by atoms with Gasteiger partial charge in [0.05, 0.1) is 31.4 Å². The molecule has 0 aromatic heterocycles. The Labute approximate surface area is 216 Å². The number of nitrogens with one attached hydrogen (secondary N) is 1. The molecular weight excluding hydrogens is 526 g/mol. The maximum Gasteiger partial charge on any atom is 0.268 e. The minimum Gasteiger partial charge on any atom is -0.497 e. The second-order valence-electron chi connectivity index (χ2n) is 8.47. The molecule has 0 bridgehead atoms. The number of hydrogen-bond donors (Lipinski definition) is 1. The molecule has 0 radical (unpaired) electrons. The van der Waals surface area contributed by atoms with Crippen LogP contribution in [-0.4, -0.2) is 42.5 Å². The van der Waals surface area contributed by atoms with Crippen LogP contribution in [0, 0.1) is 5.92 Å². The summed E-state index contributed by atoms with van der Waals surface area (Å²) in [6, 6.07) is 19.4. The second-order valence-corrected chi connectivity index (χ2v) is 9.39. The lowest BCUT2D eigenvalue weighted by Gasteiger charge is -2.25. The molecule has 3 atom stereocenters. The van der Waals surface area contributed by atoms with E-state index in [-0.39, 0.29) is 5.91 Å². The van der Waals surface area contributed by atoms with Crippen LogP contribution in [0.25, 0.3) is 0 Å². The van der Waals surface area contributed by atoms with E-state index in [1.54, 1.807) is 61.7 Å². The normalized spacial score (nSPS) is 21.0. The fourth-order valence-electron chi connectivity index (χ4n) is 4.74. The standard InChI is InChI=1S/C27H24BrN3O5/c1-3-36-21-13-9-19(10-14-21)30-26(33)22-23(16-7-11-20(35-2)12-8-16)29-31(24(22)27(30)34)25(32)17-5-4-6-18(28)15-17/h4-15,22-24,29H,3H2,1-2H3/t22-,23-,24+/m1/s1. The molecule has 3 aromatic rings. The lowest BCUT2D eigenvalue weighted by molar-refractivity contribution is -0.123. The van der Waals surface area contributed by atoms with E-state index in [4.69, 9.17) is 9.47 Å². The Hall–Kier alpha value is -3.69. The van der Waals surface area contributed by atoms with Crippen molar-refractivity contribution in [2.45, 2.75) is 19.0 Å². The monoisotopic (exact) mass is 549 g/mol. The highest BCUT2D eigenvalue weighted by molar-refractivity contribution is 9.10. The predicted molar refractivity (Wildman–Crippen MR) is 137 cm³/mol. The molecule has 9 heteroatoms. The SMILES string of the molecule is CCOc1ccc(N2C(=O)[C@@H]3[C@@H](c4ccc(OC)cc4)NN(C(=O)c4cccc(Br)c4)[C@@H]3C2=O)cc1. The molecule has 8 nitrogen and oxygen atoms in total. The molecule has 2 fully saturated rings. The van der Waals surface area contributed by atoms with E-state index in [2.05, 4.69) is 21.4 Å². The van der Waals surface area contributed by atoms with Crippen LogP contribution in [0.1, 0.15) is 28.9 Å². The number of benzene rings is 3. The summed E-state index contributed by atoms with van der Waals surface area (Å²) in [4.78, 5) is 42.2. The smallest absolute Gasteiger partial charge is 0.268 e. The van der Waals surface area contributed by atoms with Gasteiger partial charge in [0.15, 0.2) is 0 Å². The van der Waals surface area contributed by atoms with Crippen LogP contribution in [0.4, 0.5) is 5.69 Å². The highest BCUT2D eigenvalue weighted by atomic mass is 79.9. The molecule has 0 spiro atoms. The molecule has 2 heterocycles. The molecule has 0 aliphatic carbocycles. The number of hydrogen-bond acceptors (Lipinski definition) is 6. The van der Waals surface area contributed by atoms with E-state index in [0.29, 0.717) is 29.4 Å². The number of nitrogens with zero attached hydrogens (tertiary/aromatic N) is 2. The molecule has 1 N–H and O–H groups in total. The van der Waals surface area contributed by atoms with Gasteiger partial charge in [0.25, 0.3) is 11.8 Å². The molecule has 3 aromatic carbocycles. The lowest BCUT2D eigenvalue weighted by Crippen LogP contribution is -2.48. The van der Waals surface area contributed by atoms with Gasteiger partial charge in [-0.3, -0.25) is 19.4 Å². The Morgan fingerprint density at radius 2 is 1.67 bits per heavy atom. The number of halogens is 1. The molecule has 184 valence electrons. The number of carbonyl (C=O) groups is 3. The number of ether oxygens (including phenoxy) is 2. The van der Waals surface area contributed by atoms with Gasteiger partial charge in [0.1, 0.15) is 17.5 Å². The zero-order valence-electron chi connectivity index (χ0n) is 19.7. The zero-order valence-corrected chi connectivity index (χ0v) is 21.3. The third-order valence-corrected chi connectivity index (χ3v) is 6.90. The van der Waals surface area contributed by atoms with Gasteiger partial charge >= 0.3 is 0 Å². The molecular formula is C27H24BrN3O5. The third kappa shape index (κ3) is 4.14. The van der Waals surface area contributed by atoms with Crippen LogP contribution < -0.4 is 19.8 Å². The van der Waals surface area contributed by atoms with Gasteiger partial charge in [-0.15, -0.1) is 0 Å². The van der Waals surface area contributed by atoms with Crippen molar-refractivity contribution in [3.63, 3.8) is 0 Å². The molecule has 36 heavy (non-hydrogen) atoms. The number of amides is 3. The number of fused-ring (bicyclic) bond motifs is 1. The third-order valence-electron chi connectivity index (χ3n) is 6.41. The van der Waals surface area contributed by atoms with Crippen LogP contribution in [0.15, 0.2) is 77.3 Å². The summed E-state index contributed by atoms with van der Waals surface area (Å²) in [5, 5.41) is 1.30. The van der Waals surface area contributed by atoms with Gasteiger partial charge in [0, 0.05) is 10.0 Å². The van der Waals surface area contributed by atoms with Gasteiger partial charge in [-0.2, -0.15) is 0 Å². The lowest BCUT2D eigenvalue weighted by atomic mass is 9.91. The summed E-state index contributed by atoms with van der Waals surface area (Å²) in [7, 11) is 1.57. The maximum absolute atomic E-state index is 13.7. The summed E-state index contributed by atoms with van der Waals surface area (Å²) in [5.41, 5.74) is 4.76. The number of rotatable bonds is 6. The van der Waals surface area contributed by atoms with Gasteiger partial charge < -0.3 is 9.47 Å². The van der Waals surface area contributed by atoms with E-state index < -0.39 is 29.8 Å². The van der Waals surface area contributed by atoms with Crippen LogP contribution in [-0.2, 0) is 9.59 Å². The first-order valence-electron chi connectivity index (χ1n) is 11.5. The van der Waals surface area contributed by atoms with Crippen LogP contribution in [0.5, 0.6) is 11.5 Å². The summed E-state index contributed by atoms with van der Waals surface area (Å²) >= 11 is 3.39. The van der Waals surface area contributed by atoms with Crippen LogP contribution in [0.3, 0.4) is 0 Å². The quantitative estimate of drug-likeness (QED) is 0.465. The minimum absolute atomic E-state index is 0.368. The average molecular weight is 550 g/mol. The van der Waals surface area contributed by atoms with Crippen LogP contribution in [0.2, 0.25) is 0 Å². The first kappa shape index (κ1) is 24.0. The van der Waals surface area contributed by atoms with Crippen molar-refractivity contribution in [3.05, 3.63) is 88.4 Å². The molecule has 2 aliphatic heterocycles. The highest BCUT2D eigenvalue weighted by Crippen LogP contribution is 2.42. The predicted octanol–water partition coefficient (Wildman–Crippen LogP) is 4.12. The fourth-order valence-corrected chi connectivity index (χ4v) is 5.14. The maximum atomic E-state index is 13.7. The zero-order chi connectivity index (χ0) is 25.4. The van der Waals surface area contributed by atoms with Crippen LogP contribution >= 0.6 is 15.9 Å². The Morgan fingerprint density at radius 3 is 2.31 bits per heavy atom. The Kier molecular flexibility index (Phi) is 6.51. The van der Waals surface area contributed by atoms with Crippen molar-refractivity contribution in [2.24, 2.45) is 5.92 Å². The van der Waals surface area contributed by atoms with Crippen molar-refractivity contribution >= 4 is 39.3 Å². The highest BCUT2D eigenvalue weighted by Gasteiger charge is 2.60. The van der Waals surface area contributed by atoms with Gasteiger partial charge in [0.2, 0.25) is 5.91 Å². The molecule has 2 aliphatic rings. The van der Waals surface area contributed by atoms with Gasteiger partial charge in [-0.05, 0) is 67.1 Å². The summed E-state index contributed by atoms with van der Waals surface area (Å²) in [6.07, 6.45) is 0. The van der Waals surface area contributed by atoms with Crippen molar-refractivity contribution < 1.29 is 23.9 Å². The molecule has 2 saturated heterocycles. The fraction of sp³-hybridized carbons (Fsp3) is 0.222. The Bertz CT molecular complexity index is 1310. The van der Waals surface area contributed by atoms with Crippen molar-refractivity contribution in [1.82, 2.24) is 10.4 Å². The van der Waals surface area contributed by atoms with Crippen molar-refractivity contribution in [1.29, 1.82) is 0 Å². The topological polar surface area (TPSA) is 88.2 Å². The van der Waals surface area contributed by atoms with E-state index in [1.807, 2.05) is 25.1 Å². The molecule has 0 saturated carbocycles. The number of carbonyl (C=O) groups excluding carboxylic acids is 3. The Morgan fingerprint density at radius 1 is 0.972 bits per heavy atom. The largest absolute Gasteiger partial charge is 0.497 e. The number of imide groups is 1. The number of methoxy groups -OCH3 is 1. The Balaban J connectivity index is 1.54. The van der Waals surface area contributed by atoms with Gasteiger partial charge in [-0.1, -0.05) is 34.1 Å². The molecule has 3 amide bonds. The number of anilines is 1. The molecule has 5 rings (SSSR count). The molecule has 0 unspecified atom stereocenters. The van der Waals surface area contributed by atoms with E-state index in [1.165, 1.54) is 9.91 Å². The van der Waals surface area contributed by atoms with Crippen molar-refractivity contribution in [2.75, 3.05) is 18.6 Å². The van der Waals surface area contributed by atoms with Gasteiger partial charge in [-0.25, -0.2) is 10.3 Å². The summed E-state index contributed by atoms with van der Waals surface area (Å²) in [6.45, 7) is 2.39. The first-order valence-corrected chi connectivity index (χ1v) is 12.3. The summed E-state index contributed by atoms with van der Waals surface area (Å²) in [5.74, 6) is -0.705. The minimum atomic E-state index is -0.998. The first-order chi connectivity index (χ1) is 17.4. The summed E-state index contributed by atoms with van der Waals surface area (Å²) < 4.78 is 11.5. The number of hydrazine groups is 1. The van der Waals surface area contributed by atoms with E-state index in [0.717, 1.165) is 10.0 Å². The van der Waals surface area contributed by atoms with E-state index >= 15 is 0 Å². The van der Waals surface area contributed by atoms with E-state index in [9.17, 15) is 14.4 Å². The average Bonchev–Trinajstić information content (AvgIpc) is 3.41.